The van der Waals surface area contributed by atoms with Crippen LogP contribution in [0.4, 0.5) is 8.78 Å². The summed E-state index contributed by atoms with van der Waals surface area (Å²) in [5.41, 5.74) is 7.71. The highest BCUT2D eigenvalue weighted by Crippen LogP contribution is 2.45. The van der Waals surface area contributed by atoms with E-state index < -0.39 is 11.6 Å². The first-order valence-corrected chi connectivity index (χ1v) is 9.40. The van der Waals surface area contributed by atoms with Gasteiger partial charge in [0.1, 0.15) is 17.4 Å². The fraction of sp³-hybridized carbons (Fsp3) is 0.318. The molecule has 0 saturated carbocycles. The zero-order valence-corrected chi connectivity index (χ0v) is 15.5. The van der Waals surface area contributed by atoms with Gasteiger partial charge in [0.2, 0.25) is 5.91 Å². The van der Waals surface area contributed by atoms with Gasteiger partial charge in [0.05, 0.1) is 6.61 Å². The Labute approximate surface area is 162 Å². The minimum absolute atomic E-state index is 0.0986. The molecule has 2 heterocycles. The smallest absolute Gasteiger partial charge is 0.246 e. The molecule has 2 aromatic rings. The van der Waals surface area contributed by atoms with Crippen LogP contribution in [-0.2, 0) is 16.8 Å². The minimum Gasteiger partial charge on any atom is -0.492 e. The predicted octanol–water partition coefficient (Wildman–Crippen LogP) is 3.39. The molecule has 146 valence electrons. The SMILES string of the molecule is NCc1ccc2c(c1)C1(CCN(C(=O)C=Cc3c(F)cccc3F)CC1)CO2. The van der Waals surface area contributed by atoms with Crippen LogP contribution in [-0.4, -0.2) is 30.5 Å². The van der Waals surface area contributed by atoms with Gasteiger partial charge in [0, 0.05) is 42.3 Å². The third kappa shape index (κ3) is 3.29. The van der Waals surface area contributed by atoms with Crippen molar-refractivity contribution in [3.63, 3.8) is 0 Å². The van der Waals surface area contributed by atoms with Crippen LogP contribution in [0.2, 0.25) is 0 Å². The first kappa shape index (κ1) is 18.6. The van der Waals surface area contributed by atoms with Crippen LogP contribution in [0.5, 0.6) is 5.75 Å². The third-order valence-electron chi connectivity index (χ3n) is 5.78. The van der Waals surface area contributed by atoms with Gasteiger partial charge in [0.25, 0.3) is 0 Å². The summed E-state index contributed by atoms with van der Waals surface area (Å²) in [6, 6.07) is 9.70. The van der Waals surface area contributed by atoms with Gasteiger partial charge in [-0.25, -0.2) is 8.78 Å². The number of amides is 1. The maximum absolute atomic E-state index is 13.7. The number of hydrogen-bond acceptors (Lipinski definition) is 3. The highest BCUT2D eigenvalue weighted by molar-refractivity contribution is 5.92. The van der Waals surface area contributed by atoms with Crippen LogP contribution in [0.3, 0.4) is 0 Å². The summed E-state index contributed by atoms with van der Waals surface area (Å²) in [4.78, 5) is 14.2. The van der Waals surface area contributed by atoms with Crippen molar-refractivity contribution in [2.24, 2.45) is 5.73 Å². The van der Waals surface area contributed by atoms with Gasteiger partial charge in [-0.05, 0) is 42.7 Å². The topological polar surface area (TPSA) is 55.6 Å². The molecule has 1 fully saturated rings. The van der Waals surface area contributed by atoms with E-state index in [9.17, 15) is 13.6 Å². The van der Waals surface area contributed by atoms with E-state index in [2.05, 4.69) is 6.07 Å². The number of piperidine rings is 1. The summed E-state index contributed by atoms with van der Waals surface area (Å²) in [6.07, 6.45) is 4.01. The molecule has 6 heteroatoms. The average molecular weight is 384 g/mol. The second kappa shape index (κ2) is 7.36. The van der Waals surface area contributed by atoms with Crippen molar-refractivity contribution in [3.05, 3.63) is 70.8 Å². The summed E-state index contributed by atoms with van der Waals surface area (Å²) in [7, 11) is 0. The predicted molar refractivity (Wildman–Crippen MR) is 103 cm³/mol. The molecule has 0 atom stereocenters. The number of fused-ring (bicyclic) bond motifs is 2. The lowest BCUT2D eigenvalue weighted by atomic mass is 9.74. The number of carbonyl (C=O) groups excluding carboxylic acids is 1. The molecule has 0 unspecified atom stereocenters. The Bertz CT molecular complexity index is 914. The number of ether oxygens (including phenoxy) is 1. The molecular formula is C22H22F2N2O2. The van der Waals surface area contributed by atoms with Crippen LogP contribution < -0.4 is 10.5 Å². The normalized spacial score (nSPS) is 17.8. The van der Waals surface area contributed by atoms with Gasteiger partial charge in [-0.1, -0.05) is 18.2 Å². The van der Waals surface area contributed by atoms with Crippen LogP contribution in [0.15, 0.2) is 42.5 Å². The summed E-state index contributed by atoms with van der Waals surface area (Å²) >= 11 is 0. The lowest BCUT2D eigenvalue weighted by Gasteiger charge is -2.38. The number of carbonyl (C=O) groups is 1. The van der Waals surface area contributed by atoms with E-state index in [-0.39, 0.29) is 16.9 Å². The van der Waals surface area contributed by atoms with Crippen molar-refractivity contribution in [3.8, 4) is 5.75 Å². The Kier molecular flexibility index (Phi) is 4.89. The van der Waals surface area contributed by atoms with E-state index in [4.69, 9.17) is 10.5 Å². The molecule has 2 N–H and O–H groups in total. The number of rotatable bonds is 3. The highest BCUT2D eigenvalue weighted by atomic mass is 19.1. The number of benzene rings is 2. The van der Waals surface area contributed by atoms with Crippen molar-refractivity contribution >= 4 is 12.0 Å². The molecule has 2 aliphatic heterocycles. The molecule has 1 spiro atoms. The minimum atomic E-state index is -0.683. The van der Waals surface area contributed by atoms with E-state index >= 15 is 0 Å². The molecule has 4 nitrogen and oxygen atoms in total. The Morgan fingerprint density at radius 3 is 2.57 bits per heavy atom. The van der Waals surface area contributed by atoms with Gasteiger partial charge in [-0.3, -0.25) is 4.79 Å². The lowest BCUT2D eigenvalue weighted by molar-refractivity contribution is -0.127. The Hall–Kier alpha value is -2.73. The second-order valence-electron chi connectivity index (χ2n) is 7.40. The largest absolute Gasteiger partial charge is 0.492 e. The van der Waals surface area contributed by atoms with Crippen molar-refractivity contribution in [1.29, 1.82) is 0 Å². The number of nitrogens with two attached hydrogens (primary N) is 1. The van der Waals surface area contributed by atoms with Gasteiger partial charge in [-0.15, -0.1) is 0 Å². The van der Waals surface area contributed by atoms with Crippen LogP contribution in [0.1, 0.15) is 29.5 Å². The van der Waals surface area contributed by atoms with Gasteiger partial charge >= 0.3 is 0 Å². The quantitative estimate of drug-likeness (QED) is 0.826. The molecule has 2 aliphatic rings. The Balaban J connectivity index is 1.45. The Morgan fingerprint density at radius 1 is 1.18 bits per heavy atom. The number of halogens is 2. The van der Waals surface area contributed by atoms with Gasteiger partial charge in [0.15, 0.2) is 0 Å². The number of hydrogen-bond donors (Lipinski definition) is 1. The Morgan fingerprint density at radius 2 is 1.89 bits per heavy atom. The molecule has 0 aliphatic carbocycles. The maximum atomic E-state index is 13.7. The monoisotopic (exact) mass is 384 g/mol. The van der Waals surface area contributed by atoms with Crippen LogP contribution in [0.25, 0.3) is 6.08 Å². The third-order valence-corrected chi connectivity index (χ3v) is 5.78. The van der Waals surface area contributed by atoms with Crippen molar-refractivity contribution in [2.45, 2.75) is 24.8 Å². The first-order valence-electron chi connectivity index (χ1n) is 9.40. The molecule has 1 amide bonds. The zero-order valence-electron chi connectivity index (χ0n) is 15.5. The number of nitrogens with zero attached hydrogens (tertiary/aromatic N) is 1. The molecule has 2 aromatic carbocycles. The second-order valence-corrected chi connectivity index (χ2v) is 7.40. The van der Waals surface area contributed by atoms with Crippen LogP contribution >= 0.6 is 0 Å². The fourth-order valence-corrected chi connectivity index (χ4v) is 4.04. The molecule has 4 rings (SSSR count). The summed E-state index contributed by atoms with van der Waals surface area (Å²) in [6.45, 7) is 2.22. The molecule has 1 saturated heterocycles. The van der Waals surface area contributed by atoms with E-state index in [1.54, 1.807) is 4.90 Å². The molecule has 0 radical (unpaired) electrons. The van der Waals surface area contributed by atoms with E-state index in [0.29, 0.717) is 26.2 Å². The zero-order chi connectivity index (χ0) is 19.7. The maximum Gasteiger partial charge on any atom is 0.246 e. The molecule has 28 heavy (non-hydrogen) atoms. The standard InChI is InChI=1S/C22H22F2N2O2/c23-18-2-1-3-19(24)16(18)5-7-21(27)26-10-8-22(9-11-26)14-28-20-6-4-15(13-25)12-17(20)22/h1-7,12H,8-11,13-14,25H2. The van der Waals surface area contributed by atoms with Crippen molar-refractivity contribution in [1.82, 2.24) is 4.90 Å². The summed E-state index contributed by atoms with van der Waals surface area (Å²) < 4.78 is 33.3. The summed E-state index contributed by atoms with van der Waals surface area (Å²) in [5, 5.41) is 0. The van der Waals surface area contributed by atoms with Gasteiger partial charge in [-0.2, -0.15) is 0 Å². The summed E-state index contributed by atoms with van der Waals surface area (Å²) in [5.74, 6) is -0.714. The van der Waals surface area contributed by atoms with Crippen LogP contribution in [0, 0.1) is 11.6 Å². The lowest BCUT2D eigenvalue weighted by Crippen LogP contribution is -2.45. The number of likely N-dealkylation sites (tertiary alicyclic amines) is 1. The molecule has 0 bridgehead atoms. The van der Waals surface area contributed by atoms with Crippen molar-refractivity contribution in [2.75, 3.05) is 19.7 Å². The van der Waals surface area contributed by atoms with E-state index in [1.165, 1.54) is 35.9 Å². The average Bonchev–Trinajstić information content (AvgIpc) is 3.05. The fourth-order valence-electron chi connectivity index (χ4n) is 4.04. The molecular weight excluding hydrogens is 362 g/mol. The van der Waals surface area contributed by atoms with Crippen molar-refractivity contribution < 1.29 is 18.3 Å². The molecule has 0 aromatic heterocycles. The van der Waals surface area contributed by atoms with Gasteiger partial charge < -0.3 is 15.4 Å². The highest BCUT2D eigenvalue weighted by Gasteiger charge is 2.43. The first-order chi connectivity index (χ1) is 13.5. The van der Waals surface area contributed by atoms with E-state index in [1.807, 2.05) is 12.1 Å². The van der Waals surface area contributed by atoms with E-state index in [0.717, 1.165) is 24.2 Å².